The van der Waals surface area contributed by atoms with E-state index in [0.29, 0.717) is 54.5 Å². The van der Waals surface area contributed by atoms with Crippen LogP contribution in [0, 0.1) is 41.5 Å². The first-order chi connectivity index (χ1) is 29.2. The first-order valence-corrected chi connectivity index (χ1v) is 23.7. The van der Waals surface area contributed by atoms with Crippen LogP contribution in [0.5, 0.6) is 0 Å². The van der Waals surface area contributed by atoms with E-state index in [0.717, 1.165) is 22.3 Å². The number of rotatable bonds is 6. The Hall–Kier alpha value is -5.47. The van der Waals surface area contributed by atoms with Gasteiger partial charge in [-0.15, -0.1) is 4.68 Å². The first-order valence-electron chi connectivity index (χ1n) is 19.0. The lowest BCUT2D eigenvalue weighted by Crippen LogP contribution is -2.47. The Bertz CT molecular complexity index is 2730. The molecule has 0 aliphatic rings. The summed E-state index contributed by atoms with van der Waals surface area (Å²) in [4.78, 5) is 24.4. The Morgan fingerprint density at radius 3 is 1.60 bits per heavy atom. The van der Waals surface area contributed by atoms with E-state index in [4.69, 9.17) is 26.6 Å². The van der Waals surface area contributed by atoms with Gasteiger partial charge >= 0.3 is 11.9 Å². The van der Waals surface area contributed by atoms with Gasteiger partial charge in [0, 0.05) is 11.1 Å². The molecular weight excluding hydrogens is 976 g/mol. The molecule has 19 heteroatoms. The molecule has 6 rings (SSSR count). The number of alkyl carbamates (subject to hydrolysis) is 1. The van der Waals surface area contributed by atoms with Gasteiger partial charge in [-0.1, -0.05) is 96.1 Å². The largest absolute Gasteiger partial charge is 0.444 e. The fourth-order valence-corrected chi connectivity index (χ4v) is 9.43. The zero-order chi connectivity index (χ0) is 47.4. The fourth-order valence-electron chi connectivity index (χ4n) is 6.26. The predicted molar refractivity (Wildman–Crippen MR) is 254 cm³/mol. The molecule has 0 saturated heterocycles. The number of nitrogens with one attached hydrogen (secondary N) is 1. The van der Waals surface area contributed by atoms with Crippen molar-refractivity contribution in [2.75, 3.05) is 23.2 Å². The molecule has 15 nitrogen and oxygen atoms in total. The van der Waals surface area contributed by atoms with E-state index in [2.05, 4.69) is 52.1 Å². The van der Waals surface area contributed by atoms with E-state index in [-0.39, 0.29) is 9.79 Å². The Morgan fingerprint density at radius 1 is 0.730 bits per heavy atom. The third-order valence-corrected chi connectivity index (χ3v) is 12.1. The van der Waals surface area contributed by atoms with Crippen LogP contribution in [0.15, 0.2) is 116 Å². The van der Waals surface area contributed by atoms with Crippen molar-refractivity contribution in [2.45, 2.75) is 77.7 Å². The molecule has 0 saturated carbocycles. The maximum Gasteiger partial charge on any atom is 0.408 e. The Labute approximate surface area is 386 Å². The topological polar surface area (TPSA) is 247 Å². The summed E-state index contributed by atoms with van der Waals surface area (Å²) in [5.74, 6) is 6.08. The third-order valence-electron chi connectivity index (χ3n) is 8.43. The van der Waals surface area contributed by atoms with Gasteiger partial charge in [0.25, 0.3) is 10.1 Å². The van der Waals surface area contributed by atoms with Gasteiger partial charge in [0.05, 0.1) is 16.0 Å². The molecule has 4 aromatic carbocycles. The van der Waals surface area contributed by atoms with E-state index in [9.17, 15) is 21.6 Å². The number of anilines is 2. The molecule has 0 fully saturated rings. The van der Waals surface area contributed by atoms with Crippen LogP contribution in [0.4, 0.5) is 16.4 Å². The van der Waals surface area contributed by atoms with Gasteiger partial charge in [0.2, 0.25) is 0 Å². The summed E-state index contributed by atoms with van der Waals surface area (Å²) in [5.41, 5.74) is 18.7. The first kappa shape index (κ1) is 51.9. The maximum atomic E-state index is 12.4. The van der Waals surface area contributed by atoms with E-state index in [1.807, 2.05) is 86.6 Å². The zero-order valence-electron chi connectivity index (χ0n) is 36.4. The second kappa shape index (κ2) is 22.2. The number of sulfone groups is 1. The number of carbonyl (C=O) groups is 1. The predicted octanol–water partition coefficient (Wildman–Crippen LogP) is 8.31. The molecule has 63 heavy (non-hydrogen) atoms. The van der Waals surface area contributed by atoms with Gasteiger partial charge in [-0.25, -0.2) is 28.2 Å². The van der Waals surface area contributed by atoms with E-state index >= 15 is 0 Å². The van der Waals surface area contributed by atoms with Crippen LogP contribution >= 0.6 is 31.9 Å². The number of halogens is 2. The number of nitrogens with zero attached hydrogens (tertiary/aromatic N) is 4. The summed E-state index contributed by atoms with van der Waals surface area (Å²) in [6.45, 7) is 15.8. The van der Waals surface area contributed by atoms with Crippen LogP contribution in [-0.4, -0.2) is 53.9 Å². The molecule has 2 aromatic heterocycles. The smallest absolute Gasteiger partial charge is 0.408 e. The highest BCUT2D eigenvalue weighted by Gasteiger charge is 2.23. The SMILES string of the molecule is Cc1cc(C)c(S(=O)(=O)CNC(=O)OC(C)(C)C)c(C)c1.Cc1cc(C)c(S(=O)(=O)O)c(C)c1.Nc1c(-c2ccccc2)nc(Br)c[n+]1N.Nc1ncc(Br)nc1-c1ccccc1. The van der Waals surface area contributed by atoms with E-state index < -0.39 is 37.5 Å². The molecule has 8 N–H and O–H groups in total. The highest BCUT2D eigenvalue weighted by Crippen LogP contribution is 2.25. The number of nitrogens with two attached hydrogens (primary N) is 3. The molecule has 0 spiro atoms. The van der Waals surface area contributed by atoms with Crippen LogP contribution in [0.1, 0.15) is 54.2 Å². The summed E-state index contributed by atoms with van der Waals surface area (Å²) in [6.07, 6.45) is 2.46. The number of ether oxygens (including phenoxy) is 1. The van der Waals surface area contributed by atoms with Crippen molar-refractivity contribution in [2.24, 2.45) is 0 Å². The van der Waals surface area contributed by atoms with Crippen molar-refractivity contribution < 1.29 is 35.6 Å². The number of hydrogen-bond acceptors (Lipinski definition) is 12. The molecule has 0 atom stereocenters. The van der Waals surface area contributed by atoms with Gasteiger partial charge < -0.3 is 15.8 Å². The normalized spacial score (nSPS) is 11.1. The Balaban J connectivity index is 0.000000227. The van der Waals surface area contributed by atoms with Crippen LogP contribution < -0.4 is 27.3 Å². The lowest BCUT2D eigenvalue weighted by molar-refractivity contribution is -0.624. The molecule has 336 valence electrons. The molecule has 1 amide bonds. The average molecular weight is 1030 g/mol. The van der Waals surface area contributed by atoms with Crippen LogP contribution in [0.3, 0.4) is 0 Å². The number of aryl methyl sites for hydroxylation is 6. The molecule has 0 radical (unpaired) electrons. The highest BCUT2D eigenvalue weighted by molar-refractivity contribution is 9.10. The Kier molecular flexibility index (Phi) is 18.3. The zero-order valence-corrected chi connectivity index (χ0v) is 41.2. The summed E-state index contributed by atoms with van der Waals surface area (Å²) < 4.78 is 63.3. The molecule has 0 unspecified atom stereocenters. The second-order valence-electron chi connectivity index (χ2n) is 15.2. The number of aromatic nitrogens is 4. The van der Waals surface area contributed by atoms with Gasteiger partial charge in [-0.2, -0.15) is 8.42 Å². The van der Waals surface area contributed by atoms with E-state index in [1.54, 1.807) is 73.0 Å². The van der Waals surface area contributed by atoms with Crippen LogP contribution in [0.25, 0.3) is 22.5 Å². The van der Waals surface area contributed by atoms with Crippen LogP contribution in [0.2, 0.25) is 0 Å². The number of nitrogen functional groups attached to an aromatic ring is 3. The van der Waals surface area contributed by atoms with Crippen molar-refractivity contribution in [1.82, 2.24) is 20.3 Å². The monoisotopic (exact) mass is 1030 g/mol. The van der Waals surface area contributed by atoms with Crippen molar-refractivity contribution in [3.63, 3.8) is 0 Å². The Morgan fingerprint density at radius 2 is 1.16 bits per heavy atom. The molecule has 2 heterocycles. The molecular formula is C44H53Br2N8O7S2+. The van der Waals surface area contributed by atoms with Gasteiger partial charge in [0.15, 0.2) is 21.7 Å². The lowest BCUT2D eigenvalue weighted by Gasteiger charge is -2.20. The maximum absolute atomic E-state index is 12.4. The summed E-state index contributed by atoms with van der Waals surface area (Å²) in [5, 5.41) is 2.30. The van der Waals surface area contributed by atoms with Gasteiger partial charge in [-0.05, 0) is 116 Å². The van der Waals surface area contributed by atoms with Crippen molar-refractivity contribution >= 4 is 69.5 Å². The summed E-state index contributed by atoms with van der Waals surface area (Å²) in [6, 6.07) is 26.5. The lowest BCUT2D eigenvalue weighted by atomic mass is 10.1. The second-order valence-corrected chi connectivity index (χ2v) is 20.1. The minimum atomic E-state index is -4.08. The summed E-state index contributed by atoms with van der Waals surface area (Å²) >= 11 is 6.54. The van der Waals surface area contributed by atoms with Gasteiger partial charge in [0.1, 0.15) is 32.2 Å². The number of benzene rings is 4. The van der Waals surface area contributed by atoms with Crippen molar-refractivity contribution in [3.05, 3.63) is 140 Å². The minimum absolute atomic E-state index is 0.0260. The third kappa shape index (κ3) is 16.0. The van der Waals surface area contributed by atoms with Crippen LogP contribution in [-0.2, 0) is 24.7 Å². The fraction of sp³-hybridized carbons (Fsp3) is 0.250. The molecule has 6 aromatic rings. The highest BCUT2D eigenvalue weighted by atomic mass is 79.9. The molecule has 0 aliphatic heterocycles. The standard InChI is InChI=1S/C15H23NO4S.C10H9BrN4.C10H8BrN3.C9H12O3S/c1-10-7-11(2)13(12(3)8-10)21(18,19)9-16-14(17)20-15(4,5)6;11-8-6-15(13)10(12)9(14-8)7-4-2-1-3-5-7;11-8-6-13-10(12)9(14-8)7-4-2-1-3-5-7;1-6-4-7(2)9(8(3)5-6)13(10,11)12/h7-8H,9H2,1-6H3,(H,16,17);1-6,12H,13H2;1-6H,(H2,12,13);4-5H,1-3H3,(H,10,11,12)/p+1. The van der Waals surface area contributed by atoms with E-state index in [1.165, 1.54) is 4.68 Å². The van der Waals surface area contributed by atoms with Crippen molar-refractivity contribution in [3.8, 4) is 22.5 Å². The summed E-state index contributed by atoms with van der Waals surface area (Å²) in [7, 11) is -7.68. The number of amides is 1. The molecule has 0 aliphatic carbocycles. The number of hydrogen-bond donors (Lipinski definition) is 5. The minimum Gasteiger partial charge on any atom is -0.444 e. The van der Waals surface area contributed by atoms with Gasteiger partial charge in [-0.3, -0.25) is 16.1 Å². The average Bonchev–Trinajstić information content (AvgIpc) is 3.16. The van der Waals surface area contributed by atoms with Crippen molar-refractivity contribution in [1.29, 1.82) is 0 Å². The quantitative estimate of drug-likeness (QED) is 0.0599. The molecule has 0 bridgehead atoms. The number of carbonyl (C=O) groups excluding carboxylic acids is 1.